The van der Waals surface area contributed by atoms with Crippen molar-refractivity contribution in [2.75, 3.05) is 0 Å². The molecule has 0 radical (unpaired) electrons. The summed E-state index contributed by atoms with van der Waals surface area (Å²) in [6.07, 6.45) is 0.229. The van der Waals surface area contributed by atoms with Gasteiger partial charge >= 0.3 is 0 Å². The summed E-state index contributed by atoms with van der Waals surface area (Å²) >= 11 is 1.15. The quantitative estimate of drug-likeness (QED) is 0.387. The van der Waals surface area contributed by atoms with Gasteiger partial charge in [0.05, 0.1) is 30.4 Å². The van der Waals surface area contributed by atoms with E-state index in [0.29, 0.717) is 15.8 Å². The third kappa shape index (κ3) is 3.52. The highest BCUT2D eigenvalue weighted by molar-refractivity contribution is 7.17. The van der Waals surface area contributed by atoms with Gasteiger partial charge in [0, 0.05) is 10.8 Å². The summed E-state index contributed by atoms with van der Waals surface area (Å²) in [6.45, 7) is -0.117. The molecule has 1 atom stereocenters. The van der Waals surface area contributed by atoms with Crippen molar-refractivity contribution in [3.8, 4) is 0 Å². The number of hydrogen-bond acceptors (Lipinski definition) is 9. The molecule has 0 aliphatic heterocycles. The largest absolute Gasteiger partial charge is 0.458 e. The number of primary amides is 1. The number of thiophene rings is 1. The number of hydrogen-bond donors (Lipinski definition) is 2. The molecule has 0 spiro atoms. The summed E-state index contributed by atoms with van der Waals surface area (Å²) in [5.41, 5.74) is 5.44. The van der Waals surface area contributed by atoms with Crippen LogP contribution in [-0.2, 0) is 13.1 Å². The molecule has 0 fully saturated rings. The summed E-state index contributed by atoms with van der Waals surface area (Å²) in [5.74, 6) is -0.690. The van der Waals surface area contributed by atoms with E-state index in [1.165, 1.54) is 34.5 Å². The summed E-state index contributed by atoms with van der Waals surface area (Å²) in [5, 5.41) is 24.5. The number of carbonyl (C=O) groups excluding carboxylic acids is 1. The minimum atomic E-state index is -1.10. The van der Waals surface area contributed by atoms with Gasteiger partial charge in [-0.05, 0) is 29.5 Å². The first kappa shape index (κ1) is 20.0. The third-order valence-electron chi connectivity index (χ3n) is 4.79. The molecule has 4 aromatic heterocycles. The highest BCUT2D eigenvalue weighted by Gasteiger charge is 2.18. The van der Waals surface area contributed by atoms with Crippen LogP contribution in [0.25, 0.3) is 21.2 Å². The maximum atomic E-state index is 13.3. The van der Waals surface area contributed by atoms with Crippen molar-refractivity contribution in [2.24, 2.45) is 5.73 Å². The lowest BCUT2D eigenvalue weighted by Crippen LogP contribution is -2.23. The van der Waals surface area contributed by atoms with Crippen LogP contribution >= 0.6 is 11.3 Å². The number of nitrogens with two attached hydrogens (primary N) is 1. The minimum absolute atomic E-state index is 0.0458. The molecule has 5 aromatic rings. The van der Waals surface area contributed by atoms with Gasteiger partial charge in [0.25, 0.3) is 5.56 Å². The number of benzene rings is 1. The Morgan fingerprint density at radius 2 is 2.19 bits per heavy atom. The molecule has 0 saturated heterocycles. The van der Waals surface area contributed by atoms with Gasteiger partial charge in [0.15, 0.2) is 5.82 Å². The zero-order valence-corrected chi connectivity index (χ0v) is 17.0. The second kappa shape index (κ2) is 7.62. The predicted octanol–water partition coefficient (Wildman–Crippen LogP) is 1.21. The van der Waals surface area contributed by atoms with Gasteiger partial charge in [0.1, 0.15) is 28.1 Å². The predicted molar refractivity (Wildman–Crippen MR) is 110 cm³/mol. The van der Waals surface area contributed by atoms with Crippen molar-refractivity contribution in [3.63, 3.8) is 0 Å². The van der Waals surface area contributed by atoms with E-state index in [1.54, 1.807) is 6.07 Å². The Hall–Kier alpha value is -3.97. The van der Waals surface area contributed by atoms with E-state index < -0.39 is 23.4 Å². The Morgan fingerprint density at radius 3 is 3.00 bits per heavy atom. The molecule has 13 heteroatoms. The van der Waals surface area contributed by atoms with Gasteiger partial charge in [-0.1, -0.05) is 0 Å². The number of carbonyl (C=O) groups is 1. The Labute approximate surface area is 181 Å². The number of rotatable bonds is 6. The van der Waals surface area contributed by atoms with Gasteiger partial charge in [0.2, 0.25) is 5.91 Å². The Kier molecular flexibility index (Phi) is 4.75. The van der Waals surface area contributed by atoms with Crippen molar-refractivity contribution in [1.29, 1.82) is 0 Å². The molecule has 0 aliphatic carbocycles. The molecular weight excluding hydrogens is 441 g/mol. The lowest BCUT2D eigenvalue weighted by atomic mass is 10.2. The molecule has 0 unspecified atom stereocenters. The van der Waals surface area contributed by atoms with E-state index in [-0.39, 0.29) is 35.6 Å². The van der Waals surface area contributed by atoms with E-state index >= 15 is 0 Å². The van der Waals surface area contributed by atoms with E-state index in [1.807, 2.05) is 0 Å². The molecule has 0 aliphatic rings. The summed E-state index contributed by atoms with van der Waals surface area (Å²) in [4.78, 5) is 30.1. The number of halogens is 1. The van der Waals surface area contributed by atoms with Crippen LogP contribution in [-0.4, -0.2) is 40.8 Å². The number of amides is 1. The van der Waals surface area contributed by atoms with E-state index in [0.717, 1.165) is 16.1 Å². The van der Waals surface area contributed by atoms with Crippen LogP contribution in [0.15, 0.2) is 45.2 Å². The standard InChI is InChI=1S/C19H14FN7O4S/c20-10-1-2-13-9(3-10)4-14(31-13)12(28)5-27-24-15(23-25-27)6-26-8-22-18-16(19(26)30)11(7-32-18)17(21)29/h1-4,7-8,12,28H,5-6H2,(H2,21,29)/t12-/m0/s1. The average Bonchev–Trinajstić information content (AvgIpc) is 3.48. The molecule has 32 heavy (non-hydrogen) atoms. The highest BCUT2D eigenvalue weighted by atomic mass is 32.1. The number of nitrogens with zero attached hydrogens (tertiary/aromatic N) is 6. The zero-order valence-electron chi connectivity index (χ0n) is 16.2. The van der Waals surface area contributed by atoms with Crippen molar-refractivity contribution in [3.05, 3.63) is 69.3 Å². The van der Waals surface area contributed by atoms with Crippen LogP contribution in [0.3, 0.4) is 0 Å². The number of tetrazole rings is 1. The first-order chi connectivity index (χ1) is 15.4. The van der Waals surface area contributed by atoms with Crippen LogP contribution in [0.2, 0.25) is 0 Å². The topological polar surface area (TPSA) is 155 Å². The molecule has 1 amide bonds. The monoisotopic (exact) mass is 455 g/mol. The number of aliphatic hydroxyl groups excluding tert-OH is 1. The van der Waals surface area contributed by atoms with Gasteiger partial charge in [-0.15, -0.1) is 21.5 Å². The maximum Gasteiger partial charge on any atom is 0.263 e. The zero-order chi connectivity index (χ0) is 22.4. The minimum Gasteiger partial charge on any atom is -0.458 e. The van der Waals surface area contributed by atoms with Crippen LogP contribution in [0.1, 0.15) is 28.0 Å². The van der Waals surface area contributed by atoms with E-state index in [4.69, 9.17) is 10.2 Å². The number of aliphatic hydroxyl groups is 1. The van der Waals surface area contributed by atoms with E-state index in [2.05, 4.69) is 20.4 Å². The number of aromatic nitrogens is 6. The van der Waals surface area contributed by atoms with Crippen LogP contribution in [0.5, 0.6) is 0 Å². The average molecular weight is 455 g/mol. The normalized spacial score (nSPS) is 12.6. The van der Waals surface area contributed by atoms with Gasteiger partial charge in [-0.3, -0.25) is 14.2 Å². The molecule has 11 nitrogen and oxygen atoms in total. The fraction of sp³-hybridized carbons (Fsp3) is 0.158. The smallest absolute Gasteiger partial charge is 0.263 e. The Morgan fingerprint density at radius 1 is 1.34 bits per heavy atom. The van der Waals surface area contributed by atoms with Crippen molar-refractivity contribution in [1.82, 2.24) is 29.8 Å². The lowest BCUT2D eigenvalue weighted by molar-refractivity contribution is 0.100. The number of fused-ring (bicyclic) bond motifs is 2. The maximum absolute atomic E-state index is 13.3. The second-order valence-electron chi connectivity index (χ2n) is 6.98. The second-order valence-corrected chi connectivity index (χ2v) is 7.84. The van der Waals surface area contributed by atoms with Crippen LogP contribution in [0.4, 0.5) is 4.39 Å². The Bertz CT molecular complexity index is 1540. The summed E-state index contributed by atoms with van der Waals surface area (Å²) in [7, 11) is 0. The van der Waals surface area contributed by atoms with Gasteiger partial charge in [-0.2, -0.15) is 4.80 Å². The number of furan rings is 1. The lowest BCUT2D eigenvalue weighted by Gasteiger charge is -2.05. The molecule has 3 N–H and O–H groups in total. The fourth-order valence-electron chi connectivity index (χ4n) is 3.27. The molecule has 4 heterocycles. The Balaban J connectivity index is 1.35. The first-order valence-corrected chi connectivity index (χ1v) is 10.2. The van der Waals surface area contributed by atoms with Crippen molar-refractivity contribution < 1.29 is 18.7 Å². The molecule has 162 valence electrons. The van der Waals surface area contributed by atoms with Crippen molar-refractivity contribution >= 4 is 38.4 Å². The van der Waals surface area contributed by atoms with E-state index in [9.17, 15) is 19.1 Å². The molecule has 0 saturated carbocycles. The van der Waals surface area contributed by atoms with Crippen molar-refractivity contribution in [2.45, 2.75) is 19.2 Å². The van der Waals surface area contributed by atoms with Gasteiger partial charge in [-0.25, -0.2) is 9.37 Å². The molecular formula is C19H14FN7O4S. The van der Waals surface area contributed by atoms with Gasteiger partial charge < -0.3 is 15.3 Å². The van der Waals surface area contributed by atoms with Crippen LogP contribution < -0.4 is 11.3 Å². The fourth-order valence-corrected chi connectivity index (χ4v) is 4.16. The third-order valence-corrected chi connectivity index (χ3v) is 5.68. The molecule has 5 rings (SSSR count). The molecule has 1 aromatic carbocycles. The SMILES string of the molecule is NC(=O)c1csc2ncn(Cc3nnn(C[C@H](O)c4cc5cc(F)ccc5o4)n3)c(=O)c12. The highest BCUT2D eigenvalue weighted by Crippen LogP contribution is 2.25. The summed E-state index contributed by atoms with van der Waals surface area (Å²) in [6, 6.07) is 5.59. The first-order valence-electron chi connectivity index (χ1n) is 9.29. The van der Waals surface area contributed by atoms with Crippen LogP contribution in [0, 0.1) is 5.82 Å². The molecule has 0 bridgehead atoms. The summed E-state index contributed by atoms with van der Waals surface area (Å²) < 4.78 is 20.1.